The van der Waals surface area contributed by atoms with E-state index < -0.39 is 21.6 Å². The summed E-state index contributed by atoms with van der Waals surface area (Å²) < 4.78 is 42.1. The Bertz CT molecular complexity index is 976. The van der Waals surface area contributed by atoms with Crippen molar-refractivity contribution in [1.29, 1.82) is 0 Å². The van der Waals surface area contributed by atoms with Crippen LogP contribution in [0.5, 0.6) is 0 Å². The first-order valence-corrected chi connectivity index (χ1v) is 10.6. The molecule has 0 bridgehead atoms. The molecule has 0 aliphatic carbocycles. The number of nitrogens with zero attached hydrogens (tertiary/aromatic N) is 1. The fraction of sp³-hybridized carbons (Fsp3) is 0.333. The Balaban J connectivity index is 0.00000420. The number of sulfone groups is 1. The summed E-state index contributed by atoms with van der Waals surface area (Å²) in [6, 6.07) is 7.06. The number of halogens is 2. The second-order valence-electron chi connectivity index (χ2n) is 6.16. The zero-order valence-electron chi connectivity index (χ0n) is 16.1. The molecule has 0 saturated heterocycles. The minimum atomic E-state index is -3.26. The van der Waals surface area contributed by atoms with Crippen molar-refractivity contribution in [3.63, 3.8) is 0 Å². The maximum atomic E-state index is 13.6. The van der Waals surface area contributed by atoms with Crippen LogP contribution in [0.2, 0.25) is 0 Å². The minimum Gasteiger partial charge on any atom is -0.454 e. The molecule has 160 valence electrons. The van der Waals surface area contributed by atoms with Crippen LogP contribution >= 0.6 is 24.0 Å². The predicted molar refractivity (Wildman–Crippen MR) is 119 cm³/mol. The van der Waals surface area contributed by atoms with Crippen LogP contribution in [0.4, 0.5) is 4.39 Å². The number of primary amides is 1. The number of hydrogen-bond donors (Lipinski definition) is 3. The average Bonchev–Trinajstić information content (AvgIpc) is 3.07. The van der Waals surface area contributed by atoms with E-state index in [1.807, 2.05) is 6.92 Å². The molecule has 1 heterocycles. The van der Waals surface area contributed by atoms with Crippen molar-refractivity contribution in [2.75, 3.05) is 12.8 Å². The molecule has 0 fully saturated rings. The second kappa shape index (κ2) is 11.1. The summed E-state index contributed by atoms with van der Waals surface area (Å²) in [5.74, 6) is -0.336. The highest BCUT2D eigenvalue weighted by molar-refractivity contribution is 14.0. The molecule has 8 nitrogen and oxygen atoms in total. The molecule has 0 aliphatic rings. The molecule has 29 heavy (non-hydrogen) atoms. The Hall–Kier alpha value is -2.15. The van der Waals surface area contributed by atoms with Crippen molar-refractivity contribution in [2.45, 2.75) is 25.8 Å². The molecule has 0 unspecified atom stereocenters. The Labute approximate surface area is 186 Å². The number of carbonyl (C=O) groups excluding carboxylic acids is 1. The summed E-state index contributed by atoms with van der Waals surface area (Å²) in [6.45, 7) is 2.80. The second-order valence-corrected chi connectivity index (χ2v) is 8.30. The maximum absolute atomic E-state index is 13.6. The van der Waals surface area contributed by atoms with E-state index in [0.717, 1.165) is 6.26 Å². The number of rotatable bonds is 8. The van der Waals surface area contributed by atoms with Crippen LogP contribution in [0.3, 0.4) is 0 Å². The van der Waals surface area contributed by atoms with Crippen molar-refractivity contribution in [3.8, 4) is 0 Å². The van der Waals surface area contributed by atoms with E-state index in [9.17, 15) is 17.6 Å². The lowest BCUT2D eigenvalue weighted by Crippen LogP contribution is -2.36. The smallest absolute Gasteiger partial charge is 0.284 e. The number of nitrogens with one attached hydrogen (secondary N) is 2. The number of carbonyl (C=O) groups is 1. The van der Waals surface area contributed by atoms with Crippen molar-refractivity contribution in [1.82, 2.24) is 10.6 Å². The fourth-order valence-corrected chi connectivity index (χ4v) is 3.29. The molecule has 1 amide bonds. The van der Waals surface area contributed by atoms with Gasteiger partial charge in [-0.15, -0.1) is 24.0 Å². The van der Waals surface area contributed by atoms with Gasteiger partial charge in [0.2, 0.25) is 0 Å². The van der Waals surface area contributed by atoms with E-state index in [1.54, 1.807) is 6.07 Å². The molecular weight excluding hydrogens is 514 g/mol. The third-order valence-electron chi connectivity index (χ3n) is 3.67. The third kappa shape index (κ3) is 8.40. The summed E-state index contributed by atoms with van der Waals surface area (Å²) in [4.78, 5) is 15.4. The summed E-state index contributed by atoms with van der Waals surface area (Å²) >= 11 is 0. The highest BCUT2D eigenvalue weighted by Gasteiger charge is 2.11. The topological polar surface area (TPSA) is 127 Å². The molecule has 2 rings (SSSR count). The number of aliphatic imine (C=N–C) groups is 1. The van der Waals surface area contributed by atoms with Gasteiger partial charge in [0.15, 0.2) is 21.6 Å². The van der Waals surface area contributed by atoms with Crippen LogP contribution in [0.1, 0.15) is 34.4 Å². The van der Waals surface area contributed by atoms with E-state index in [-0.39, 0.29) is 48.6 Å². The molecule has 0 radical (unpaired) electrons. The molecule has 0 aliphatic heterocycles. The first kappa shape index (κ1) is 24.9. The van der Waals surface area contributed by atoms with Gasteiger partial charge in [0, 0.05) is 12.8 Å². The average molecular weight is 538 g/mol. The number of amides is 1. The van der Waals surface area contributed by atoms with Gasteiger partial charge in [0.1, 0.15) is 11.6 Å². The highest BCUT2D eigenvalue weighted by atomic mass is 127. The lowest BCUT2D eigenvalue weighted by atomic mass is 10.1. The van der Waals surface area contributed by atoms with Crippen LogP contribution in [-0.2, 0) is 28.7 Å². The molecule has 1 aromatic heterocycles. The van der Waals surface area contributed by atoms with Crippen LogP contribution in [0.15, 0.2) is 39.7 Å². The lowest BCUT2D eigenvalue weighted by molar-refractivity contribution is 0.0972. The van der Waals surface area contributed by atoms with Crippen molar-refractivity contribution >= 4 is 45.7 Å². The Morgan fingerprint density at radius 2 is 1.93 bits per heavy atom. The minimum absolute atomic E-state index is 0. The van der Waals surface area contributed by atoms with Gasteiger partial charge in [-0.1, -0.05) is 6.07 Å². The molecule has 0 atom stereocenters. The fourth-order valence-electron chi connectivity index (χ4n) is 2.45. The first-order valence-electron chi connectivity index (χ1n) is 8.53. The van der Waals surface area contributed by atoms with Gasteiger partial charge in [0.05, 0.1) is 18.8 Å². The normalized spacial score (nSPS) is 11.6. The van der Waals surface area contributed by atoms with Gasteiger partial charge in [0.25, 0.3) is 5.91 Å². The van der Waals surface area contributed by atoms with Gasteiger partial charge in [-0.2, -0.15) is 0 Å². The van der Waals surface area contributed by atoms with Crippen LogP contribution in [0.25, 0.3) is 0 Å². The zero-order valence-corrected chi connectivity index (χ0v) is 19.2. The quantitative estimate of drug-likeness (QED) is 0.268. The Kier molecular flexibility index (Phi) is 9.56. The van der Waals surface area contributed by atoms with Crippen LogP contribution in [-0.4, -0.2) is 33.1 Å². The SMILES string of the molecule is CCNC(=NCc1cc(F)ccc1CS(C)(=O)=O)NCc1ccc(C(N)=O)o1.I. The van der Waals surface area contributed by atoms with Crippen LogP contribution in [0, 0.1) is 5.82 Å². The summed E-state index contributed by atoms with van der Waals surface area (Å²) in [5, 5.41) is 6.05. The van der Waals surface area contributed by atoms with Crippen molar-refractivity contribution < 1.29 is 22.0 Å². The van der Waals surface area contributed by atoms with Crippen molar-refractivity contribution in [2.24, 2.45) is 10.7 Å². The number of benzene rings is 1. The molecule has 1 aromatic carbocycles. The summed E-state index contributed by atoms with van der Waals surface area (Å²) in [7, 11) is -3.26. The van der Waals surface area contributed by atoms with Gasteiger partial charge >= 0.3 is 0 Å². The van der Waals surface area contributed by atoms with Gasteiger partial charge in [-0.05, 0) is 42.3 Å². The van der Waals surface area contributed by atoms with E-state index >= 15 is 0 Å². The Morgan fingerprint density at radius 1 is 1.21 bits per heavy atom. The largest absolute Gasteiger partial charge is 0.454 e. The first-order chi connectivity index (χ1) is 13.2. The molecule has 0 spiro atoms. The molecule has 4 N–H and O–H groups in total. The molecule has 2 aromatic rings. The number of guanidine groups is 1. The lowest BCUT2D eigenvalue weighted by Gasteiger charge is -2.12. The Morgan fingerprint density at radius 3 is 2.52 bits per heavy atom. The summed E-state index contributed by atoms with van der Waals surface area (Å²) in [5.41, 5.74) is 6.13. The molecule has 0 saturated carbocycles. The van der Waals surface area contributed by atoms with E-state index in [4.69, 9.17) is 10.2 Å². The molecule has 11 heteroatoms. The van der Waals surface area contributed by atoms with Gasteiger partial charge < -0.3 is 20.8 Å². The number of hydrogen-bond acceptors (Lipinski definition) is 5. The van der Waals surface area contributed by atoms with E-state index in [1.165, 1.54) is 24.3 Å². The van der Waals surface area contributed by atoms with E-state index in [0.29, 0.717) is 29.4 Å². The standard InChI is InChI=1S/C18H23FN4O4S.HI/c1-3-21-18(23-10-15-6-7-16(27-15)17(20)24)22-9-13-8-14(19)5-4-12(13)11-28(2,25)26;/h4-8H,3,9-11H2,1-2H3,(H2,20,24)(H2,21,22,23);1H. The monoisotopic (exact) mass is 538 g/mol. The van der Waals surface area contributed by atoms with Crippen LogP contribution < -0.4 is 16.4 Å². The van der Waals surface area contributed by atoms with E-state index in [2.05, 4.69) is 15.6 Å². The number of furan rings is 1. The third-order valence-corrected chi connectivity index (χ3v) is 4.51. The highest BCUT2D eigenvalue weighted by Crippen LogP contribution is 2.15. The number of nitrogens with two attached hydrogens (primary N) is 1. The molecular formula is C18H24FIN4O4S. The van der Waals surface area contributed by atoms with Gasteiger partial charge in [-0.3, -0.25) is 4.79 Å². The predicted octanol–water partition coefficient (Wildman–Crippen LogP) is 1.94. The van der Waals surface area contributed by atoms with Crippen molar-refractivity contribution in [3.05, 3.63) is 58.8 Å². The maximum Gasteiger partial charge on any atom is 0.284 e. The summed E-state index contributed by atoms with van der Waals surface area (Å²) in [6.07, 6.45) is 1.12. The zero-order chi connectivity index (χ0) is 20.7. The van der Waals surface area contributed by atoms with Gasteiger partial charge in [-0.25, -0.2) is 17.8 Å².